The predicted molar refractivity (Wildman–Crippen MR) is 163 cm³/mol. The third-order valence-electron chi connectivity index (χ3n) is 5.51. The Morgan fingerprint density at radius 2 is 1.02 bits per heavy atom. The van der Waals surface area contributed by atoms with Crippen LogP contribution in [0.2, 0.25) is 20.1 Å². The van der Waals surface area contributed by atoms with E-state index in [9.17, 15) is 26.3 Å². The van der Waals surface area contributed by atoms with Crippen molar-refractivity contribution in [2.45, 2.75) is 51.2 Å². The molecular formula is C24H20BBr3Cl4F6O2. The van der Waals surface area contributed by atoms with Gasteiger partial charge in [-0.25, -0.2) is 0 Å². The summed E-state index contributed by atoms with van der Waals surface area (Å²) < 4.78 is 82.0. The molecule has 1 saturated heterocycles. The number of hydrogen-bond donors (Lipinski definition) is 0. The molecule has 0 aliphatic carbocycles. The van der Waals surface area contributed by atoms with Gasteiger partial charge < -0.3 is 9.31 Å². The maximum Gasteiger partial charge on any atom is 0.494 e. The molecule has 1 aliphatic rings. The van der Waals surface area contributed by atoms with Crippen molar-refractivity contribution in [3.8, 4) is 0 Å². The number of allylic oxidation sites excluding steroid dienone is 2. The lowest BCUT2D eigenvalue weighted by Crippen LogP contribution is -2.41. The zero-order valence-corrected chi connectivity index (χ0v) is 28.8. The van der Waals surface area contributed by atoms with E-state index in [2.05, 4.69) is 60.9 Å². The van der Waals surface area contributed by atoms with E-state index in [0.29, 0.717) is 19.0 Å². The molecule has 0 bridgehead atoms. The molecule has 16 heteroatoms. The maximum atomic E-state index is 12.3. The first-order valence-electron chi connectivity index (χ1n) is 10.6. The van der Waals surface area contributed by atoms with Gasteiger partial charge in [0.25, 0.3) is 0 Å². The lowest BCUT2D eigenvalue weighted by Gasteiger charge is -2.32. The Kier molecular flexibility index (Phi) is 13.6. The largest absolute Gasteiger partial charge is 0.494 e. The van der Waals surface area contributed by atoms with Crippen LogP contribution >= 0.6 is 94.2 Å². The molecule has 0 amide bonds. The topological polar surface area (TPSA) is 18.5 Å². The van der Waals surface area contributed by atoms with Crippen molar-refractivity contribution >= 4 is 112 Å². The molecule has 0 saturated carbocycles. The average molecular weight is 847 g/mol. The fourth-order valence-electron chi connectivity index (χ4n) is 2.58. The molecule has 2 aromatic carbocycles. The number of benzene rings is 2. The van der Waals surface area contributed by atoms with Crippen molar-refractivity contribution < 1.29 is 35.7 Å². The minimum atomic E-state index is -4.49. The molecule has 0 N–H and O–H groups in total. The number of halogens is 13. The molecule has 2 nitrogen and oxygen atoms in total. The van der Waals surface area contributed by atoms with E-state index in [1.165, 1.54) is 0 Å². The third-order valence-corrected chi connectivity index (χ3v) is 9.78. The summed E-state index contributed by atoms with van der Waals surface area (Å²) in [5.41, 5.74) is -1.03. The summed E-state index contributed by atoms with van der Waals surface area (Å²) in [6.45, 7) is 13.6. The van der Waals surface area contributed by atoms with E-state index in [1.54, 1.807) is 12.1 Å². The Balaban J connectivity index is 0.000000329. The van der Waals surface area contributed by atoms with Crippen LogP contribution in [0.25, 0.3) is 5.57 Å². The summed E-state index contributed by atoms with van der Waals surface area (Å²) in [7, 11) is -0.446. The first kappa shape index (κ1) is 38.1. The first-order chi connectivity index (χ1) is 17.8. The maximum absolute atomic E-state index is 12.3. The Morgan fingerprint density at radius 1 is 0.725 bits per heavy atom. The Bertz CT molecular complexity index is 1210. The average Bonchev–Trinajstić information content (AvgIpc) is 3.01. The smallest absolute Gasteiger partial charge is 0.399 e. The molecule has 0 spiro atoms. The number of rotatable bonds is 2. The normalized spacial score (nSPS) is 16.0. The van der Waals surface area contributed by atoms with Gasteiger partial charge in [-0.15, -0.1) is 0 Å². The monoisotopic (exact) mass is 842 g/mol. The van der Waals surface area contributed by atoms with Crippen LogP contribution in [-0.2, 0) is 9.31 Å². The number of hydrogen-bond acceptors (Lipinski definition) is 2. The van der Waals surface area contributed by atoms with Crippen LogP contribution in [0.1, 0.15) is 33.3 Å². The molecule has 0 unspecified atom stereocenters. The quantitative estimate of drug-likeness (QED) is 0.170. The van der Waals surface area contributed by atoms with Crippen molar-refractivity contribution in [3.63, 3.8) is 0 Å². The molecule has 40 heavy (non-hydrogen) atoms. The fourth-order valence-corrected chi connectivity index (χ4v) is 4.03. The second-order valence-electron chi connectivity index (χ2n) is 9.02. The van der Waals surface area contributed by atoms with Crippen molar-refractivity contribution in [2.75, 3.05) is 0 Å². The molecule has 0 atom stereocenters. The molecule has 2 aromatic rings. The summed E-state index contributed by atoms with van der Waals surface area (Å²) >= 11 is 32.1. The van der Waals surface area contributed by atoms with Crippen LogP contribution in [0.15, 0.2) is 50.9 Å². The zero-order chi connectivity index (χ0) is 31.6. The van der Waals surface area contributed by atoms with Crippen LogP contribution < -0.4 is 5.46 Å². The second-order valence-corrected chi connectivity index (χ2v) is 13.2. The van der Waals surface area contributed by atoms with Gasteiger partial charge in [0.2, 0.25) is 0 Å². The van der Waals surface area contributed by atoms with E-state index in [1.807, 2.05) is 27.7 Å². The Labute approximate surface area is 273 Å². The van der Waals surface area contributed by atoms with Crippen LogP contribution in [-0.4, -0.2) is 30.7 Å². The van der Waals surface area contributed by atoms with Gasteiger partial charge in [-0.2, -0.15) is 26.3 Å². The highest BCUT2D eigenvalue weighted by Gasteiger charge is 2.51. The van der Waals surface area contributed by atoms with E-state index >= 15 is 0 Å². The Morgan fingerprint density at radius 3 is 1.30 bits per heavy atom. The summed E-state index contributed by atoms with van der Waals surface area (Å²) in [4.78, 5) is 0. The molecule has 1 aliphatic heterocycles. The minimum absolute atomic E-state index is 0.114. The van der Waals surface area contributed by atoms with E-state index in [0.717, 1.165) is 17.6 Å². The van der Waals surface area contributed by atoms with Crippen LogP contribution in [0.3, 0.4) is 0 Å². The summed E-state index contributed by atoms with van der Waals surface area (Å²) in [5.74, 6) is 0. The van der Waals surface area contributed by atoms with E-state index in [4.69, 9.17) is 55.7 Å². The van der Waals surface area contributed by atoms with Gasteiger partial charge >= 0.3 is 19.5 Å². The second kappa shape index (κ2) is 14.2. The number of alkyl halides is 6. The van der Waals surface area contributed by atoms with Crippen molar-refractivity contribution in [2.24, 2.45) is 0 Å². The van der Waals surface area contributed by atoms with Crippen molar-refractivity contribution in [1.29, 1.82) is 0 Å². The van der Waals surface area contributed by atoms with Gasteiger partial charge in [-0.3, -0.25) is 0 Å². The van der Waals surface area contributed by atoms with Gasteiger partial charge in [0.1, 0.15) is 0 Å². The molecule has 3 rings (SSSR count). The highest BCUT2D eigenvalue weighted by Crippen LogP contribution is 2.39. The van der Waals surface area contributed by atoms with Gasteiger partial charge in [0.05, 0.1) is 50.3 Å². The van der Waals surface area contributed by atoms with Gasteiger partial charge in [-0.1, -0.05) is 59.6 Å². The predicted octanol–water partition coefficient (Wildman–Crippen LogP) is 11.8. The highest BCUT2D eigenvalue weighted by molar-refractivity contribution is 9.11. The lowest BCUT2D eigenvalue weighted by atomic mass is 9.79. The van der Waals surface area contributed by atoms with Gasteiger partial charge in [0, 0.05) is 0 Å². The molecule has 0 radical (unpaired) electrons. The van der Waals surface area contributed by atoms with Crippen LogP contribution in [0, 0.1) is 0 Å². The zero-order valence-electron chi connectivity index (χ0n) is 21.0. The van der Waals surface area contributed by atoms with Gasteiger partial charge in [-0.05, 0) is 111 Å². The molecular weight excluding hydrogens is 827 g/mol. The molecule has 0 aromatic heterocycles. The van der Waals surface area contributed by atoms with E-state index in [-0.39, 0.29) is 26.8 Å². The Hall–Kier alpha value is 0.0849. The standard InChI is InChI=1S/C12H14BBrCl2O2.C9H4BrCl2F3.C3H2BrF3/c1-11(2)12(3,4)18-13(17-11)7-5-8(15)10(14)9(16)6-7;1-4(9(13,14)15)5-2-6(11)8(10)7(12)3-5;1-2(4)3(5,6)7/h5-6H,1-4H3;2-3H,1H2;1H2. The van der Waals surface area contributed by atoms with Crippen LogP contribution in [0.5, 0.6) is 0 Å². The third kappa shape index (κ3) is 10.4. The van der Waals surface area contributed by atoms with Gasteiger partial charge in [0.15, 0.2) is 0 Å². The molecule has 1 heterocycles. The first-order valence-corrected chi connectivity index (χ1v) is 14.5. The fraction of sp³-hybridized carbons (Fsp3) is 0.333. The summed E-state index contributed by atoms with van der Waals surface area (Å²) in [6.07, 6.45) is -8.76. The minimum Gasteiger partial charge on any atom is -0.399 e. The highest BCUT2D eigenvalue weighted by atomic mass is 79.9. The van der Waals surface area contributed by atoms with Crippen LogP contribution in [0.4, 0.5) is 26.3 Å². The molecule has 1 fully saturated rings. The van der Waals surface area contributed by atoms with Crippen molar-refractivity contribution in [1.82, 2.24) is 0 Å². The lowest BCUT2D eigenvalue weighted by molar-refractivity contribution is -0.0825. The van der Waals surface area contributed by atoms with Crippen molar-refractivity contribution in [3.05, 3.63) is 76.5 Å². The summed E-state index contributed by atoms with van der Waals surface area (Å²) in [6, 6.07) is 5.93. The summed E-state index contributed by atoms with van der Waals surface area (Å²) in [5, 5.41) is 1.32. The van der Waals surface area contributed by atoms with E-state index < -0.39 is 29.5 Å². The molecule has 222 valence electrons. The SMILES string of the molecule is C=C(Br)C(F)(F)F.C=C(c1cc(Cl)c(Br)c(Cl)c1)C(F)(F)F.CC1(C)OB(c2cc(Cl)c(Br)c(Cl)c2)OC1(C)C.